The number of nitrogens with zero attached hydrogens (tertiary/aromatic N) is 2. The molecule has 0 aromatic carbocycles. The fraction of sp³-hybridized carbons (Fsp3) is 0.429. The minimum Gasteiger partial charge on any atom is -0.477 e. The molecule has 0 atom stereocenters. The zero-order valence-corrected chi connectivity index (χ0v) is 8.47. The molecule has 1 rings (SSSR count). The molecule has 0 amide bonds. The molecule has 0 N–H and O–H groups in total. The summed E-state index contributed by atoms with van der Waals surface area (Å²) in [6, 6.07) is 1.35. The minimum absolute atomic E-state index is 0.00361. The molecule has 13 heavy (non-hydrogen) atoms. The number of ether oxygens (including phenoxy) is 1. The Kier molecular flexibility index (Phi) is 3.57. The van der Waals surface area contributed by atoms with Crippen molar-refractivity contribution in [3.8, 4) is 5.88 Å². The summed E-state index contributed by atoms with van der Waals surface area (Å²) in [6.45, 7) is 2.47. The molecule has 0 radical (unpaired) electrons. The van der Waals surface area contributed by atoms with Gasteiger partial charge in [0, 0.05) is 17.8 Å². The fourth-order valence-electron chi connectivity index (χ4n) is 0.696. The Labute approximate surface area is 85.1 Å². The van der Waals surface area contributed by atoms with Gasteiger partial charge in [-0.3, -0.25) is 4.79 Å². The summed E-state index contributed by atoms with van der Waals surface area (Å²) < 4.78 is 5.76. The van der Waals surface area contributed by atoms with Crippen molar-refractivity contribution >= 4 is 23.4 Å². The first-order valence-electron chi connectivity index (χ1n) is 3.74. The molecule has 0 aliphatic carbocycles. The fourth-order valence-corrected chi connectivity index (χ4v) is 1.08. The molecular formula is C7H8Cl2N2O2. The minimum atomic E-state index is -0.549. The largest absolute Gasteiger partial charge is 0.477 e. The normalized spacial score (nSPS) is 10.1. The summed E-state index contributed by atoms with van der Waals surface area (Å²) in [5.74, 6) is 0.251. The van der Waals surface area contributed by atoms with Crippen LogP contribution in [0.4, 0.5) is 0 Å². The van der Waals surface area contributed by atoms with Gasteiger partial charge in [0.15, 0.2) is 0 Å². The monoisotopic (exact) mass is 222 g/mol. The average molecular weight is 223 g/mol. The van der Waals surface area contributed by atoms with Crippen molar-refractivity contribution in [1.82, 2.24) is 9.30 Å². The summed E-state index contributed by atoms with van der Waals surface area (Å²) in [6.07, 6.45) is 0.848. The van der Waals surface area contributed by atoms with Crippen molar-refractivity contribution in [1.29, 1.82) is 0 Å². The van der Waals surface area contributed by atoms with Gasteiger partial charge in [-0.2, -0.15) is 0 Å². The number of hydrogen-bond donors (Lipinski definition) is 0. The standard InChI is InChI=1S/C7H8Cl2N2O2/c1-2-3-13-6-4-5(8)7(12)11(9)10-6/h4H,2-3H2,1H3. The Hall–Kier alpha value is -0.740. The first kappa shape index (κ1) is 10.3. The van der Waals surface area contributed by atoms with Crippen molar-refractivity contribution in [2.45, 2.75) is 13.3 Å². The van der Waals surface area contributed by atoms with Gasteiger partial charge in [0.05, 0.1) is 6.61 Å². The Morgan fingerprint density at radius 1 is 1.69 bits per heavy atom. The predicted octanol–water partition coefficient (Wildman–Crippen LogP) is 1.69. The maximum Gasteiger partial charge on any atom is 0.301 e. The summed E-state index contributed by atoms with van der Waals surface area (Å²) in [4.78, 5) is 11.0. The van der Waals surface area contributed by atoms with E-state index < -0.39 is 5.56 Å². The van der Waals surface area contributed by atoms with Crippen LogP contribution in [0.2, 0.25) is 5.02 Å². The maximum absolute atomic E-state index is 11.0. The van der Waals surface area contributed by atoms with Crippen LogP contribution in [0.25, 0.3) is 0 Å². The number of rotatable bonds is 3. The van der Waals surface area contributed by atoms with Gasteiger partial charge < -0.3 is 4.74 Å². The lowest BCUT2D eigenvalue weighted by molar-refractivity contribution is 0.300. The highest BCUT2D eigenvalue weighted by atomic mass is 35.5. The van der Waals surface area contributed by atoms with Crippen molar-refractivity contribution in [3.05, 3.63) is 21.4 Å². The van der Waals surface area contributed by atoms with Gasteiger partial charge >= 0.3 is 5.56 Å². The van der Waals surface area contributed by atoms with Gasteiger partial charge in [-0.25, -0.2) is 0 Å². The van der Waals surface area contributed by atoms with Crippen LogP contribution in [0.5, 0.6) is 5.88 Å². The maximum atomic E-state index is 11.0. The highest BCUT2D eigenvalue weighted by Gasteiger charge is 2.05. The van der Waals surface area contributed by atoms with Crippen molar-refractivity contribution in [2.75, 3.05) is 6.61 Å². The van der Waals surface area contributed by atoms with Crippen LogP contribution in [0.3, 0.4) is 0 Å². The van der Waals surface area contributed by atoms with Crippen LogP contribution in [0.1, 0.15) is 13.3 Å². The Morgan fingerprint density at radius 2 is 2.38 bits per heavy atom. The molecule has 72 valence electrons. The topological polar surface area (TPSA) is 44.1 Å². The molecule has 1 aromatic heterocycles. The second-order valence-corrected chi connectivity index (χ2v) is 3.07. The quantitative estimate of drug-likeness (QED) is 0.782. The number of halogens is 2. The van der Waals surface area contributed by atoms with Crippen molar-refractivity contribution < 1.29 is 4.74 Å². The Morgan fingerprint density at radius 3 is 2.92 bits per heavy atom. The Balaban J connectivity index is 2.93. The van der Waals surface area contributed by atoms with E-state index >= 15 is 0 Å². The van der Waals surface area contributed by atoms with E-state index in [9.17, 15) is 4.79 Å². The van der Waals surface area contributed by atoms with Gasteiger partial charge in [-0.05, 0) is 6.42 Å². The summed E-state index contributed by atoms with van der Waals surface area (Å²) in [5.41, 5.74) is -0.549. The van der Waals surface area contributed by atoms with E-state index in [0.29, 0.717) is 10.8 Å². The molecule has 0 saturated heterocycles. The molecule has 1 aromatic rings. The predicted molar refractivity (Wildman–Crippen MR) is 50.5 cm³/mol. The van der Waals surface area contributed by atoms with E-state index in [1.54, 1.807) is 0 Å². The molecule has 0 spiro atoms. The van der Waals surface area contributed by atoms with E-state index in [-0.39, 0.29) is 10.9 Å². The van der Waals surface area contributed by atoms with Crippen molar-refractivity contribution in [3.63, 3.8) is 0 Å². The van der Waals surface area contributed by atoms with Crippen LogP contribution in [-0.2, 0) is 0 Å². The smallest absolute Gasteiger partial charge is 0.301 e. The molecule has 0 aliphatic rings. The van der Waals surface area contributed by atoms with Gasteiger partial charge in [0.25, 0.3) is 0 Å². The molecule has 1 heterocycles. The van der Waals surface area contributed by atoms with Gasteiger partial charge in [-0.15, -0.1) is 9.30 Å². The zero-order chi connectivity index (χ0) is 9.84. The van der Waals surface area contributed by atoms with Gasteiger partial charge in [0.2, 0.25) is 5.88 Å². The number of hydrogen-bond acceptors (Lipinski definition) is 3. The lowest BCUT2D eigenvalue weighted by Crippen LogP contribution is -2.16. The van der Waals surface area contributed by atoms with Gasteiger partial charge in [-0.1, -0.05) is 18.5 Å². The first-order valence-corrected chi connectivity index (χ1v) is 4.45. The second-order valence-electron chi connectivity index (χ2n) is 2.34. The number of aromatic nitrogens is 2. The van der Waals surface area contributed by atoms with E-state index in [2.05, 4.69) is 5.10 Å². The van der Waals surface area contributed by atoms with Crippen molar-refractivity contribution in [2.24, 2.45) is 0 Å². The van der Waals surface area contributed by atoms with E-state index in [1.165, 1.54) is 6.07 Å². The summed E-state index contributed by atoms with van der Waals surface area (Å²) in [7, 11) is 0. The van der Waals surface area contributed by atoms with Crippen LogP contribution < -0.4 is 10.3 Å². The van der Waals surface area contributed by atoms with E-state index in [4.69, 9.17) is 28.1 Å². The van der Waals surface area contributed by atoms with E-state index in [0.717, 1.165) is 6.42 Å². The lowest BCUT2D eigenvalue weighted by Gasteiger charge is -2.03. The summed E-state index contributed by atoms with van der Waals surface area (Å²) >= 11 is 11.0. The summed E-state index contributed by atoms with van der Waals surface area (Å²) in [5, 5.41) is 3.63. The third-order valence-electron chi connectivity index (χ3n) is 1.26. The van der Waals surface area contributed by atoms with Crippen LogP contribution in [-0.4, -0.2) is 15.9 Å². The van der Waals surface area contributed by atoms with Crippen LogP contribution in [0, 0.1) is 0 Å². The SMILES string of the molecule is CCCOc1cc(Cl)c(=O)n(Cl)n1. The molecule has 0 saturated carbocycles. The highest BCUT2D eigenvalue weighted by molar-refractivity contribution is 6.30. The average Bonchev–Trinajstić information content (AvgIpc) is 2.10. The second kappa shape index (κ2) is 4.48. The molecular weight excluding hydrogens is 215 g/mol. The molecule has 4 nitrogen and oxygen atoms in total. The van der Waals surface area contributed by atoms with Crippen LogP contribution >= 0.6 is 23.4 Å². The molecule has 0 fully saturated rings. The highest BCUT2D eigenvalue weighted by Crippen LogP contribution is 2.10. The lowest BCUT2D eigenvalue weighted by atomic mass is 10.5. The molecule has 0 unspecified atom stereocenters. The Bertz CT molecular complexity index is 325. The third kappa shape index (κ3) is 2.60. The molecule has 0 aliphatic heterocycles. The van der Waals surface area contributed by atoms with E-state index in [1.807, 2.05) is 6.92 Å². The first-order chi connectivity index (χ1) is 6.15. The molecule has 6 heteroatoms. The van der Waals surface area contributed by atoms with Crippen LogP contribution in [0.15, 0.2) is 10.9 Å². The third-order valence-corrected chi connectivity index (χ3v) is 1.76. The van der Waals surface area contributed by atoms with Gasteiger partial charge in [0.1, 0.15) is 5.02 Å². The zero-order valence-electron chi connectivity index (χ0n) is 6.96. The molecule has 0 bridgehead atoms.